The molecular weight excluding hydrogens is 372 g/mol. The van der Waals surface area contributed by atoms with Crippen LogP contribution < -0.4 is 5.56 Å². The van der Waals surface area contributed by atoms with Gasteiger partial charge in [-0.2, -0.15) is 0 Å². The van der Waals surface area contributed by atoms with Gasteiger partial charge in [0.2, 0.25) is 0 Å². The molecule has 0 aliphatic heterocycles. The lowest BCUT2D eigenvalue weighted by Gasteiger charge is -2.16. The lowest BCUT2D eigenvalue weighted by atomic mass is 10.1. The van der Waals surface area contributed by atoms with E-state index in [0.717, 1.165) is 17.7 Å². The number of rotatable bonds is 8. The molecule has 146 valence electrons. The third kappa shape index (κ3) is 4.44. The molecular formula is C22H24N2O3S. The molecule has 0 atom stereocenters. The Bertz CT molecular complexity index is 1030. The number of para-hydroxylation sites is 2. The second-order valence-corrected chi connectivity index (χ2v) is 7.35. The summed E-state index contributed by atoms with van der Waals surface area (Å²) < 4.78 is 6.68. The van der Waals surface area contributed by atoms with E-state index in [1.165, 1.54) is 11.8 Å². The van der Waals surface area contributed by atoms with Crippen LogP contribution >= 0.6 is 11.8 Å². The van der Waals surface area contributed by atoms with Gasteiger partial charge in [-0.05, 0) is 43.5 Å². The van der Waals surface area contributed by atoms with Gasteiger partial charge in [-0.15, -0.1) is 0 Å². The van der Waals surface area contributed by atoms with E-state index in [1.807, 2.05) is 48.5 Å². The van der Waals surface area contributed by atoms with Crippen molar-refractivity contribution in [3.05, 3.63) is 64.4 Å². The highest BCUT2D eigenvalue weighted by molar-refractivity contribution is 7.99. The minimum absolute atomic E-state index is 0.0700. The van der Waals surface area contributed by atoms with E-state index in [2.05, 4.69) is 6.92 Å². The van der Waals surface area contributed by atoms with Crippen LogP contribution in [0.4, 0.5) is 0 Å². The molecule has 0 spiro atoms. The van der Waals surface area contributed by atoms with Crippen molar-refractivity contribution in [2.45, 2.75) is 38.3 Å². The van der Waals surface area contributed by atoms with Crippen molar-refractivity contribution in [3.8, 4) is 5.69 Å². The van der Waals surface area contributed by atoms with E-state index < -0.39 is 0 Å². The number of carbonyl (C=O) groups is 1. The van der Waals surface area contributed by atoms with E-state index in [4.69, 9.17) is 9.72 Å². The fourth-order valence-corrected chi connectivity index (χ4v) is 4.01. The quantitative estimate of drug-likeness (QED) is 0.245. The minimum atomic E-state index is -0.191. The lowest BCUT2D eigenvalue weighted by Crippen LogP contribution is -2.23. The Labute approximate surface area is 168 Å². The van der Waals surface area contributed by atoms with Gasteiger partial charge in [0.25, 0.3) is 5.56 Å². The smallest absolute Gasteiger partial charge is 0.305 e. The number of hydrogen-bond acceptors (Lipinski definition) is 5. The molecule has 6 heteroatoms. The molecule has 0 N–H and O–H groups in total. The minimum Gasteiger partial charge on any atom is -0.466 e. The first-order valence-corrected chi connectivity index (χ1v) is 10.5. The van der Waals surface area contributed by atoms with Crippen LogP contribution in [0.2, 0.25) is 0 Å². The van der Waals surface area contributed by atoms with Crippen molar-refractivity contribution < 1.29 is 9.53 Å². The first-order valence-electron chi connectivity index (χ1n) is 9.54. The molecule has 0 bridgehead atoms. The summed E-state index contributed by atoms with van der Waals surface area (Å²) in [6.45, 7) is 4.27. The van der Waals surface area contributed by atoms with Crippen LogP contribution in [0.25, 0.3) is 16.6 Å². The lowest BCUT2D eigenvalue weighted by molar-refractivity contribution is -0.143. The van der Waals surface area contributed by atoms with Gasteiger partial charge in [-0.3, -0.25) is 14.2 Å². The summed E-state index contributed by atoms with van der Waals surface area (Å²) in [5.74, 6) is 0.487. The Morgan fingerprint density at radius 1 is 1.11 bits per heavy atom. The monoisotopic (exact) mass is 396 g/mol. The van der Waals surface area contributed by atoms with Gasteiger partial charge in [-0.1, -0.05) is 49.0 Å². The summed E-state index contributed by atoms with van der Waals surface area (Å²) in [5.41, 5.74) is 2.57. The summed E-state index contributed by atoms with van der Waals surface area (Å²) in [6.07, 6.45) is 1.86. The summed E-state index contributed by atoms with van der Waals surface area (Å²) in [7, 11) is 0. The van der Waals surface area contributed by atoms with Crippen LogP contribution in [-0.2, 0) is 16.0 Å². The predicted octanol–water partition coefficient (Wildman–Crippen LogP) is 4.38. The highest BCUT2D eigenvalue weighted by atomic mass is 32.2. The topological polar surface area (TPSA) is 61.2 Å². The van der Waals surface area contributed by atoms with Crippen molar-refractivity contribution in [1.82, 2.24) is 9.55 Å². The third-order valence-corrected chi connectivity index (χ3v) is 5.44. The average Bonchev–Trinajstić information content (AvgIpc) is 2.72. The molecule has 3 rings (SSSR count). The largest absolute Gasteiger partial charge is 0.466 e. The van der Waals surface area contributed by atoms with E-state index in [-0.39, 0.29) is 11.5 Å². The van der Waals surface area contributed by atoms with Crippen LogP contribution in [0, 0.1) is 0 Å². The SMILES string of the molecule is CCOC(=O)CCCSc1nc2ccccc2c(=O)n1-c1ccccc1CC. The molecule has 0 radical (unpaired) electrons. The average molecular weight is 397 g/mol. The molecule has 1 aromatic heterocycles. The molecule has 0 aliphatic carbocycles. The highest BCUT2D eigenvalue weighted by Gasteiger charge is 2.15. The standard InChI is InChI=1S/C22H24N2O3S/c1-3-16-10-5-8-13-19(16)24-21(26)17-11-6-7-12-18(17)23-22(24)28-15-9-14-20(25)27-4-2/h5-8,10-13H,3-4,9,14-15H2,1-2H3. The molecule has 1 heterocycles. The van der Waals surface area contributed by atoms with Gasteiger partial charge in [0.15, 0.2) is 5.16 Å². The molecule has 3 aromatic rings. The Morgan fingerprint density at radius 3 is 2.64 bits per heavy atom. The molecule has 0 amide bonds. The van der Waals surface area contributed by atoms with Gasteiger partial charge < -0.3 is 4.74 Å². The summed E-state index contributed by atoms with van der Waals surface area (Å²) in [6, 6.07) is 15.3. The Balaban J connectivity index is 1.98. The van der Waals surface area contributed by atoms with E-state index in [1.54, 1.807) is 11.5 Å². The van der Waals surface area contributed by atoms with Crippen molar-refractivity contribution in [3.63, 3.8) is 0 Å². The molecule has 28 heavy (non-hydrogen) atoms. The Morgan fingerprint density at radius 2 is 1.86 bits per heavy atom. The molecule has 5 nitrogen and oxygen atoms in total. The number of fused-ring (bicyclic) bond motifs is 1. The maximum Gasteiger partial charge on any atom is 0.305 e. The Hall–Kier alpha value is -2.60. The van der Waals surface area contributed by atoms with Crippen LogP contribution in [0.3, 0.4) is 0 Å². The van der Waals surface area contributed by atoms with Gasteiger partial charge in [0, 0.05) is 12.2 Å². The first kappa shape index (κ1) is 20.1. The fraction of sp³-hybridized carbons (Fsp3) is 0.318. The van der Waals surface area contributed by atoms with Gasteiger partial charge in [0.1, 0.15) is 0 Å². The van der Waals surface area contributed by atoms with Crippen LogP contribution in [0.5, 0.6) is 0 Å². The van der Waals surface area contributed by atoms with Crippen molar-refractivity contribution in [1.29, 1.82) is 0 Å². The highest BCUT2D eigenvalue weighted by Crippen LogP contribution is 2.24. The summed E-state index contributed by atoms with van der Waals surface area (Å²) in [5, 5.41) is 1.25. The zero-order chi connectivity index (χ0) is 19.9. The second-order valence-electron chi connectivity index (χ2n) is 6.29. The second kappa shape index (κ2) is 9.55. The van der Waals surface area contributed by atoms with E-state index >= 15 is 0 Å². The van der Waals surface area contributed by atoms with Gasteiger partial charge >= 0.3 is 5.97 Å². The molecule has 0 saturated carbocycles. The number of thioether (sulfide) groups is 1. The maximum absolute atomic E-state index is 13.3. The number of ether oxygens (including phenoxy) is 1. The number of hydrogen-bond donors (Lipinski definition) is 0. The third-order valence-electron chi connectivity index (χ3n) is 4.42. The molecule has 0 saturated heterocycles. The van der Waals surface area contributed by atoms with Crippen LogP contribution in [-0.4, -0.2) is 27.9 Å². The Kier molecular flexibility index (Phi) is 6.87. The van der Waals surface area contributed by atoms with Crippen molar-refractivity contribution in [2.24, 2.45) is 0 Å². The fourth-order valence-electron chi connectivity index (χ4n) is 3.06. The van der Waals surface area contributed by atoms with Gasteiger partial charge in [-0.25, -0.2) is 4.98 Å². The first-order chi connectivity index (χ1) is 13.7. The summed E-state index contributed by atoms with van der Waals surface area (Å²) >= 11 is 1.49. The number of benzene rings is 2. The van der Waals surface area contributed by atoms with E-state index in [9.17, 15) is 9.59 Å². The predicted molar refractivity (Wildman–Crippen MR) is 113 cm³/mol. The number of esters is 1. The van der Waals surface area contributed by atoms with Gasteiger partial charge in [0.05, 0.1) is 23.2 Å². The molecule has 2 aromatic carbocycles. The molecule has 0 unspecified atom stereocenters. The maximum atomic E-state index is 13.3. The molecule has 0 aliphatic rings. The zero-order valence-corrected chi connectivity index (χ0v) is 17.0. The van der Waals surface area contributed by atoms with Crippen molar-refractivity contribution >= 4 is 28.6 Å². The van der Waals surface area contributed by atoms with Crippen molar-refractivity contribution in [2.75, 3.05) is 12.4 Å². The number of aryl methyl sites for hydroxylation is 1. The number of carbonyl (C=O) groups excluding carboxylic acids is 1. The zero-order valence-electron chi connectivity index (χ0n) is 16.2. The van der Waals surface area contributed by atoms with Crippen LogP contribution in [0.15, 0.2) is 58.5 Å². The number of aromatic nitrogens is 2. The van der Waals surface area contributed by atoms with E-state index in [0.29, 0.717) is 41.3 Å². The molecule has 0 fully saturated rings. The number of nitrogens with zero attached hydrogens (tertiary/aromatic N) is 2. The summed E-state index contributed by atoms with van der Waals surface area (Å²) in [4.78, 5) is 29.6. The van der Waals surface area contributed by atoms with Crippen LogP contribution in [0.1, 0.15) is 32.3 Å². The normalized spacial score (nSPS) is 10.9.